The Morgan fingerprint density at radius 2 is 1.62 bits per heavy atom. The molecule has 1 aliphatic carbocycles. The first kappa shape index (κ1) is 31.1. The maximum atomic E-state index is 6.11. The van der Waals surface area contributed by atoms with Crippen LogP contribution in [-0.2, 0) is 15.9 Å². The van der Waals surface area contributed by atoms with E-state index in [-0.39, 0.29) is 17.7 Å². The highest BCUT2D eigenvalue weighted by Crippen LogP contribution is 2.50. The summed E-state index contributed by atoms with van der Waals surface area (Å²) in [6, 6.07) is 16.6. The normalized spacial score (nSPS) is 19.5. The van der Waals surface area contributed by atoms with Crippen molar-refractivity contribution in [3.05, 3.63) is 93.2 Å². The van der Waals surface area contributed by atoms with Crippen molar-refractivity contribution in [1.29, 1.82) is 0 Å². The number of para-hydroxylation sites is 1. The summed E-state index contributed by atoms with van der Waals surface area (Å²) in [6.07, 6.45) is 17.7. The van der Waals surface area contributed by atoms with E-state index in [1.807, 2.05) is 34.0 Å². The summed E-state index contributed by atoms with van der Waals surface area (Å²) >= 11 is 5.74. The van der Waals surface area contributed by atoms with Crippen LogP contribution in [0.1, 0.15) is 93.4 Å². The van der Waals surface area contributed by atoms with Crippen LogP contribution in [0.4, 0.5) is 5.69 Å². The molecule has 4 aromatic rings. The second kappa shape index (κ2) is 13.3. The number of thiophene rings is 3. The Kier molecular flexibility index (Phi) is 9.22. The Morgan fingerprint density at radius 1 is 0.844 bits per heavy atom. The summed E-state index contributed by atoms with van der Waals surface area (Å²) in [5.74, 6) is 0. The predicted molar refractivity (Wildman–Crippen MR) is 196 cm³/mol. The maximum Gasteiger partial charge on any atom is 0.193 e. The zero-order valence-corrected chi connectivity index (χ0v) is 29.5. The first-order valence-electron chi connectivity index (χ1n) is 16.8. The van der Waals surface area contributed by atoms with Crippen molar-refractivity contribution in [2.75, 3.05) is 24.7 Å². The van der Waals surface area contributed by atoms with E-state index in [0.29, 0.717) is 0 Å². The van der Waals surface area contributed by atoms with Crippen molar-refractivity contribution < 1.29 is 9.47 Å². The van der Waals surface area contributed by atoms with Gasteiger partial charge < -0.3 is 14.4 Å². The lowest BCUT2D eigenvalue weighted by atomic mass is 9.83. The second-order valence-electron chi connectivity index (χ2n) is 13.5. The van der Waals surface area contributed by atoms with Gasteiger partial charge in [-0.05, 0) is 54.7 Å². The number of ether oxygens (including phenoxy) is 2. The van der Waals surface area contributed by atoms with E-state index >= 15 is 0 Å². The van der Waals surface area contributed by atoms with E-state index in [1.54, 1.807) is 0 Å². The van der Waals surface area contributed by atoms with E-state index in [2.05, 4.69) is 99.4 Å². The van der Waals surface area contributed by atoms with E-state index < -0.39 is 0 Å². The molecule has 2 aliphatic heterocycles. The van der Waals surface area contributed by atoms with Gasteiger partial charge in [0, 0.05) is 52.8 Å². The summed E-state index contributed by atoms with van der Waals surface area (Å²) in [4.78, 5) is 8.05. The molecule has 0 amide bonds. The standard InChI is InChI=1S/C39H45NO2S3/c1-5-7-9-10-15-26-21-31(32-22-33-34(43-32)23-35(44-33)38-41-24-39(3,4)25-42-38)45-37(26)36-27-16-11-13-18-29(27)40(20-8-6-2)30-19-14-12-17-28(30)36/h11-14,16-19,21-23,29,38H,5-10,15,20,24-25H2,1-4H3. The van der Waals surface area contributed by atoms with Crippen molar-refractivity contribution in [3.8, 4) is 9.75 Å². The van der Waals surface area contributed by atoms with Gasteiger partial charge >= 0.3 is 0 Å². The van der Waals surface area contributed by atoms with Crippen LogP contribution in [0, 0.1) is 5.41 Å². The summed E-state index contributed by atoms with van der Waals surface area (Å²) in [5, 5.41) is 0. The number of hydrogen-bond donors (Lipinski definition) is 0. The van der Waals surface area contributed by atoms with Gasteiger partial charge in [0.25, 0.3) is 0 Å². The van der Waals surface area contributed by atoms with Gasteiger partial charge in [0.15, 0.2) is 6.29 Å². The van der Waals surface area contributed by atoms with Crippen molar-refractivity contribution >= 4 is 54.7 Å². The van der Waals surface area contributed by atoms with Crippen molar-refractivity contribution in [2.24, 2.45) is 5.41 Å². The molecule has 0 bridgehead atoms. The molecule has 1 fully saturated rings. The lowest BCUT2D eigenvalue weighted by molar-refractivity contribution is -0.224. The van der Waals surface area contributed by atoms with Crippen LogP contribution in [0.3, 0.4) is 0 Å². The highest BCUT2D eigenvalue weighted by Gasteiger charge is 2.34. The fourth-order valence-corrected chi connectivity index (χ4v) is 10.5. The highest BCUT2D eigenvalue weighted by atomic mass is 32.1. The van der Waals surface area contributed by atoms with Gasteiger partial charge in [0.05, 0.1) is 24.1 Å². The minimum Gasteiger partial charge on any atom is -0.360 e. The molecule has 236 valence electrons. The van der Waals surface area contributed by atoms with Crippen LogP contribution in [0.5, 0.6) is 0 Å². The molecule has 1 atom stereocenters. The fraction of sp³-hybridized carbons (Fsp3) is 0.436. The van der Waals surface area contributed by atoms with Gasteiger partial charge in [0.1, 0.15) is 0 Å². The average molecular weight is 656 g/mol. The van der Waals surface area contributed by atoms with Crippen LogP contribution in [-0.4, -0.2) is 25.8 Å². The largest absolute Gasteiger partial charge is 0.360 e. The number of anilines is 1. The van der Waals surface area contributed by atoms with Gasteiger partial charge in [-0.15, -0.1) is 34.0 Å². The fourth-order valence-electron chi connectivity index (χ4n) is 6.75. The SMILES string of the molecule is CCCCCCc1cc(-c2cc3sc(C4OCC(C)(C)CO4)cc3s2)sc1C1=C2C=CC=CC2N(CCCC)c2ccccc21. The van der Waals surface area contributed by atoms with Gasteiger partial charge in [-0.3, -0.25) is 0 Å². The molecule has 3 aliphatic rings. The van der Waals surface area contributed by atoms with Crippen LogP contribution < -0.4 is 4.90 Å². The Morgan fingerprint density at radius 3 is 2.42 bits per heavy atom. The summed E-state index contributed by atoms with van der Waals surface area (Å²) < 4.78 is 14.9. The zero-order valence-electron chi connectivity index (χ0n) is 27.1. The number of rotatable bonds is 11. The lowest BCUT2D eigenvalue weighted by Gasteiger charge is -2.40. The van der Waals surface area contributed by atoms with Gasteiger partial charge in [-0.1, -0.05) is 95.9 Å². The van der Waals surface area contributed by atoms with Crippen LogP contribution in [0.25, 0.3) is 24.7 Å². The Balaban J connectivity index is 1.27. The zero-order chi connectivity index (χ0) is 31.0. The minimum atomic E-state index is -0.239. The third kappa shape index (κ3) is 6.29. The molecule has 5 heterocycles. The quantitative estimate of drug-likeness (QED) is 0.150. The molecule has 3 aromatic heterocycles. The topological polar surface area (TPSA) is 21.7 Å². The molecule has 0 saturated carbocycles. The van der Waals surface area contributed by atoms with Crippen molar-refractivity contribution in [1.82, 2.24) is 0 Å². The van der Waals surface area contributed by atoms with Crippen LogP contribution in [0.2, 0.25) is 0 Å². The van der Waals surface area contributed by atoms with E-state index in [9.17, 15) is 0 Å². The van der Waals surface area contributed by atoms with Crippen LogP contribution >= 0.6 is 34.0 Å². The molecule has 7 rings (SSSR count). The molecule has 0 spiro atoms. The number of aryl methyl sites for hydroxylation is 1. The number of hydrogen-bond acceptors (Lipinski definition) is 6. The summed E-state index contributed by atoms with van der Waals surface area (Å²) in [5.41, 5.74) is 7.24. The van der Waals surface area contributed by atoms with Gasteiger partial charge in [-0.25, -0.2) is 0 Å². The first-order chi connectivity index (χ1) is 22.0. The molecule has 45 heavy (non-hydrogen) atoms. The van der Waals surface area contributed by atoms with Gasteiger partial charge in [-0.2, -0.15) is 0 Å². The predicted octanol–water partition coefficient (Wildman–Crippen LogP) is 11.8. The van der Waals surface area contributed by atoms with Crippen molar-refractivity contribution in [2.45, 2.75) is 85.0 Å². The number of unbranched alkanes of at least 4 members (excludes halogenated alkanes) is 4. The molecular formula is C39H45NO2S3. The second-order valence-corrected chi connectivity index (χ2v) is 16.7. The molecule has 1 unspecified atom stereocenters. The number of fused-ring (bicyclic) bond motifs is 3. The Hall–Kier alpha value is -2.48. The van der Waals surface area contributed by atoms with E-state index in [0.717, 1.165) is 26.2 Å². The third-order valence-electron chi connectivity index (χ3n) is 9.15. The van der Waals surface area contributed by atoms with Gasteiger partial charge in [0.2, 0.25) is 0 Å². The summed E-state index contributed by atoms with van der Waals surface area (Å²) in [6.45, 7) is 11.5. The van der Waals surface area contributed by atoms with E-state index in [4.69, 9.17) is 9.47 Å². The Labute approximate surface area is 280 Å². The Bertz CT molecular complexity index is 1710. The smallest absolute Gasteiger partial charge is 0.193 e. The molecular weight excluding hydrogens is 611 g/mol. The molecule has 1 aromatic carbocycles. The van der Waals surface area contributed by atoms with Crippen LogP contribution in [0.15, 0.2) is 72.3 Å². The molecule has 6 heteroatoms. The monoisotopic (exact) mass is 655 g/mol. The number of nitrogens with zero attached hydrogens (tertiary/aromatic N) is 1. The number of benzene rings is 1. The molecule has 3 nitrogen and oxygen atoms in total. The minimum absolute atomic E-state index is 0.0795. The summed E-state index contributed by atoms with van der Waals surface area (Å²) in [7, 11) is 0. The highest BCUT2D eigenvalue weighted by molar-refractivity contribution is 7.31. The molecule has 1 saturated heterocycles. The average Bonchev–Trinajstić information content (AvgIpc) is 3.75. The first-order valence-corrected chi connectivity index (χ1v) is 19.3. The molecule has 0 N–H and O–H groups in total. The number of allylic oxidation sites excluding steroid dienone is 2. The third-order valence-corrected chi connectivity index (χ3v) is 12.9. The lowest BCUT2D eigenvalue weighted by Crippen LogP contribution is -2.40. The molecule has 0 radical (unpaired) electrons. The van der Waals surface area contributed by atoms with E-state index in [1.165, 1.54) is 95.4 Å². The van der Waals surface area contributed by atoms with Crippen molar-refractivity contribution in [3.63, 3.8) is 0 Å². The maximum absolute atomic E-state index is 6.11.